The van der Waals surface area contributed by atoms with Gasteiger partial charge in [0, 0.05) is 17.8 Å². The van der Waals surface area contributed by atoms with E-state index >= 15 is 0 Å². The molecule has 0 amide bonds. The highest BCUT2D eigenvalue weighted by molar-refractivity contribution is 5.55. The van der Waals surface area contributed by atoms with Crippen molar-refractivity contribution in [3.63, 3.8) is 0 Å². The lowest BCUT2D eigenvalue weighted by Crippen LogP contribution is -2.43. The van der Waals surface area contributed by atoms with Gasteiger partial charge < -0.3 is 5.73 Å². The number of hydrogen-bond acceptors (Lipinski definition) is 3. The summed E-state index contributed by atoms with van der Waals surface area (Å²) in [5.74, 6) is 3.69. The Morgan fingerprint density at radius 2 is 1.65 bits per heavy atom. The third-order valence-electron chi connectivity index (χ3n) is 5.87. The minimum atomic E-state index is -0.307. The quantitative estimate of drug-likeness (QED) is 0.507. The first-order chi connectivity index (χ1) is 9.61. The SMILES string of the molecule is Nc1ccc([N+](=O)[O-])cc1C1C2CC3CC(C2)CC1C3. The average Bonchev–Trinajstić information content (AvgIpc) is 2.39. The number of nitrogens with two attached hydrogens (primary N) is 1. The van der Waals surface area contributed by atoms with Crippen LogP contribution in [0, 0.1) is 33.8 Å². The monoisotopic (exact) mass is 272 g/mol. The molecule has 4 bridgehead atoms. The maximum Gasteiger partial charge on any atom is 0.269 e. The number of non-ortho nitro benzene ring substituents is 1. The van der Waals surface area contributed by atoms with Crippen molar-refractivity contribution in [1.82, 2.24) is 0 Å². The fourth-order valence-corrected chi connectivity index (χ4v) is 5.40. The molecule has 4 heteroatoms. The predicted molar refractivity (Wildman–Crippen MR) is 77.3 cm³/mol. The Balaban J connectivity index is 1.74. The van der Waals surface area contributed by atoms with Crippen LogP contribution in [0.4, 0.5) is 11.4 Å². The lowest BCUT2D eigenvalue weighted by atomic mass is 9.50. The Morgan fingerprint density at radius 3 is 2.20 bits per heavy atom. The third-order valence-corrected chi connectivity index (χ3v) is 5.87. The van der Waals surface area contributed by atoms with Gasteiger partial charge in [-0.3, -0.25) is 10.1 Å². The Labute approximate surface area is 118 Å². The first-order valence-electron chi connectivity index (χ1n) is 7.65. The van der Waals surface area contributed by atoms with Crippen molar-refractivity contribution in [2.24, 2.45) is 23.7 Å². The highest BCUT2D eigenvalue weighted by Crippen LogP contribution is 2.60. The van der Waals surface area contributed by atoms with Crippen molar-refractivity contribution in [2.45, 2.75) is 38.0 Å². The Hall–Kier alpha value is -1.58. The standard InChI is InChI=1S/C16H20N2O2/c17-15-2-1-13(18(19)20)8-14(15)16-11-4-9-3-10(6-11)7-12(16)5-9/h1-2,8-12,16H,3-7,17H2. The Bertz CT molecular complexity index is 542. The van der Waals surface area contributed by atoms with Crippen LogP contribution >= 0.6 is 0 Å². The molecule has 5 rings (SSSR count). The zero-order chi connectivity index (χ0) is 13.9. The predicted octanol–water partition coefficient (Wildman–Crippen LogP) is 3.72. The van der Waals surface area contributed by atoms with Crippen molar-refractivity contribution >= 4 is 11.4 Å². The molecule has 0 saturated heterocycles. The summed E-state index contributed by atoms with van der Waals surface area (Å²) in [5, 5.41) is 11.0. The molecule has 0 aromatic heterocycles. The smallest absolute Gasteiger partial charge is 0.269 e. The van der Waals surface area contributed by atoms with Crippen LogP contribution in [-0.4, -0.2) is 4.92 Å². The first-order valence-corrected chi connectivity index (χ1v) is 7.65. The third kappa shape index (κ3) is 1.74. The zero-order valence-electron chi connectivity index (χ0n) is 11.5. The van der Waals surface area contributed by atoms with E-state index in [4.69, 9.17) is 5.73 Å². The molecule has 0 unspecified atom stereocenters. The summed E-state index contributed by atoms with van der Waals surface area (Å²) in [5.41, 5.74) is 8.12. The summed E-state index contributed by atoms with van der Waals surface area (Å²) >= 11 is 0. The molecule has 4 fully saturated rings. The number of anilines is 1. The van der Waals surface area contributed by atoms with Gasteiger partial charge in [-0.05, 0) is 73.3 Å². The molecule has 4 nitrogen and oxygen atoms in total. The second kappa shape index (κ2) is 4.21. The van der Waals surface area contributed by atoms with Gasteiger partial charge in [-0.15, -0.1) is 0 Å². The van der Waals surface area contributed by atoms with E-state index < -0.39 is 0 Å². The molecular formula is C16H20N2O2. The van der Waals surface area contributed by atoms with Crippen molar-refractivity contribution in [1.29, 1.82) is 0 Å². The minimum absolute atomic E-state index is 0.183. The topological polar surface area (TPSA) is 69.2 Å². The summed E-state index contributed by atoms with van der Waals surface area (Å²) < 4.78 is 0. The largest absolute Gasteiger partial charge is 0.398 e. The van der Waals surface area contributed by atoms with Crippen molar-refractivity contribution in [3.05, 3.63) is 33.9 Å². The summed E-state index contributed by atoms with van der Waals surface area (Å²) in [4.78, 5) is 10.7. The van der Waals surface area contributed by atoms with Crippen LogP contribution in [0.15, 0.2) is 18.2 Å². The summed E-state index contributed by atoms with van der Waals surface area (Å²) in [7, 11) is 0. The van der Waals surface area contributed by atoms with Crippen LogP contribution in [-0.2, 0) is 0 Å². The fourth-order valence-electron chi connectivity index (χ4n) is 5.40. The number of benzene rings is 1. The van der Waals surface area contributed by atoms with Crippen LogP contribution in [0.1, 0.15) is 43.6 Å². The van der Waals surface area contributed by atoms with Crippen molar-refractivity contribution in [3.8, 4) is 0 Å². The second-order valence-corrected chi connectivity index (χ2v) is 7.03. The van der Waals surface area contributed by atoms with Gasteiger partial charge in [0.25, 0.3) is 5.69 Å². The molecule has 106 valence electrons. The molecule has 4 aliphatic carbocycles. The molecular weight excluding hydrogens is 252 g/mol. The van der Waals surface area contributed by atoms with Gasteiger partial charge in [0.05, 0.1) is 4.92 Å². The Morgan fingerprint density at radius 1 is 1.05 bits per heavy atom. The van der Waals surface area contributed by atoms with Gasteiger partial charge in [0.2, 0.25) is 0 Å². The highest BCUT2D eigenvalue weighted by atomic mass is 16.6. The van der Waals surface area contributed by atoms with E-state index in [-0.39, 0.29) is 10.6 Å². The molecule has 4 saturated carbocycles. The number of nitro groups is 1. The molecule has 0 atom stereocenters. The van der Waals surface area contributed by atoms with E-state index in [1.54, 1.807) is 12.1 Å². The van der Waals surface area contributed by atoms with E-state index in [0.29, 0.717) is 17.8 Å². The summed E-state index contributed by atoms with van der Waals surface area (Å²) in [6, 6.07) is 4.98. The molecule has 4 aliphatic rings. The van der Waals surface area contributed by atoms with E-state index in [1.165, 1.54) is 38.2 Å². The van der Waals surface area contributed by atoms with Crippen molar-refractivity contribution in [2.75, 3.05) is 5.73 Å². The van der Waals surface area contributed by atoms with Gasteiger partial charge in [0.15, 0.2) is 0 Å². The normalized spacial score (nSPS) is 38.1. The maximum absolute atomic E-state index is 11.0. The zero-order valence-corrected chi connectivity index (χ0v) is 11.5. The lowest BCUT2D eigenvalue weighted by Gasteiger charge is -2.54. The van der Waals surface area contributed by atoms with E-state index in [0.717, 1.165) is 23.1 Å². The van der Waals surface area contributed by atoms with Crippen LogP contribution in [0.2, 0.25) is 0 Å². The number of rotatable bonds is 2. The molecule has 1 aromatic rings. The maximum atomic E-state index is 11.0. The molecule has 0 spiro atoms. The van der Waals surface area contributed by atoms with Crippen LogP contribution in [0.5, 0.6) is 0 Å². The molecule has 2 N–H and O–H groups in total. The summed E-state index contributed by atoms with van der Waals surface area (Å²) in [6.45, 7) is 0. The van der Waals surface area contributed by atoms with Crippen LogP contribution in [0.3, 0.4) is 0 Å². The number of nitrogen functional groups attached to an aromatic ring is 1. The molecule has 0 heterocycles. The molecule has 0 aliphatic heterocycles. The van der Waals surface area contributed by atoms with Gasteiger partial charge in [-0.25, -0.2) is 0 Å². The molecule has 0 radical (unpaired) electrons. The second-order valence-electron chi connectivity index (χ2n) is 7.03. The van der Waals surface area contributed by atoms with Gasteiger partial charge in [-0.1, -0.05) is 0 Å². The number of nitrogens with zero attached hydrogens (tertiary/aromatic N) is 1. The average molecular weight is 272 g/mol. The van der Waals surface area contributed by atoms with Crippen LogP contribution in [0.25, 0.3) is 0 Å². The van der Waals surface area contributed by atoms with Gasteiger partial charge in [0.1, 0.15) is 0 Å². The number of hydrogen-bond donors (Lipinski definition) is 1. The van der Waals surface area contributed by atoms with E-state index in [2.05, 4.69) is 0 Å². The molecule has 1 aromatic carbocycles. The summed E-state index contributed by atoms with van der Waals surface area (Å²) in [6.07, 6.45) is 6.64. The minimum Gasteiger partial charge on any atom is -0.398 e. The van der Waals surface area contributed by atoms with E-state index in [1.807, 2.05) is 0 Å². The highest BCUT2D eigenvalue weighted by Gasteiger charge is 2.49. The van der Waals surface area contributed by atoms with Gasteiger partial charge >= 0.3 is 0 Å². The van der Waals surface area contributed by atoms with Gasteiger partial charge in [-0.2, -0.15) is 0 Å². The van der Waals surface area contributed by atoms with E-state index in [9.17, 15) is 10.1 Å². The van der Waals surface area contributed by atoms with Crippen molar-refractivity contribution < 1.29 is 4.92 Å². The lowest BCUT2D eigenvalue weighted by molar-refractivity contribution is -0.384. The number of nitro benzene ring substituents is 1. The fraction of sp³-hybridized carbons (Fsp3) is 0.625. The Kier molecular flexibility index (Phi) is 2.56. The molecule has 20 heavy (non-hydrogen) atoms. The van der Waals surface area contributed by atoms with Crippen LogP contribution < -0.4 is 5.73 Å². The first kappa shape index (κ1) is 12.2.